The van der Waals surface area contributed by atoms with Gasteiger partial charge in [-0.05, 0) is 45.2 Å². The number of aromatic nitrogens is 3. The molecule has 130 valence electrons. The first-order valence-electron chi connectivity index (χ1n) is 8.26. The number of imidazole rings is 1. The van der Waals surface area contributed by atoms with Crippen LogP contribution in [0.25, 0.3) is 0 Å². The van der Waals surface area contributed by atoms with E-state index in [0.29, 0.717) is 43.1 Å². The van der Waals surface area contributed by atoms with Crippen molar-refractivity contribution < 1.29 is 9.90 Å². The molecule has 0 spiro atoms. The van der Waals surface area contributed by atoms with Gasteiger partial charge in [-0.3, -0.25) is 0 Å². The molecule has 1 saturated heterocycles. The van der Waals surface area contributed by atoms with Gasteiger partial charge in [0.25, 0.3) is 0 Å². The number of rotatable bonds is 3. The van der Waals surface area contributed by atoms with E-state index in [-0.39, 0.29) is 0 Å². The fourth-order valence-corrected chi connectivity index (χ4v) is 3.66. The molecule has 2 aromatic heterocycles. The summed E-state index contributed by atoms with van der Waals surface area (Å²) in [6, 6.07) is 4.12. The normalized spacial score (nSPS) is 16.5. The first-order chi connectivity index (χ1) is 11.9. The minimum Gasteiger partial charge on any atom is -0.479 e. The molecule has 1 fully saturated rings. The summed E-state index contributed by atoms with van der Waals surface area (Å²) >= 11 is 0. The van der Waals surface area contributed by atoms with Crippen molar-refractivity contribution in [3.8, 4) is 6.07 Å². The fraction of sp³-hybridized carbons (Fsp3) is 0.444. The first kappa shape index (κ1) is 17.0. The summed E-state index contributed by atoms with van der Waals surface area (Å²) < 4.78 is 1.76. The van der Waals surface area contributed by atoms with E-state index in [1.807, 2.05) is 31.7 Å². The van der Waals surface area contributed by atoms with Crippen LogP contribution in [0.5, 0.6) is 0 Å². The predicted octanol–water partition coefficient (Wildman–Crippen LogP) is 2.16. The van der Waals surface area contributed by atoms with Gasteiger partial charge in [-0.15, -0.1) is 0 Å². The van der Waals surface area contributed by atoms with Crippen LogP contribution in [0.15, 0.2) is 18.5 Å². The molecule has 0 bridgehead atoms. The van der Waals surface area contributed by atoms with Crippen LogP contribution in [-0.4, -0.2) is 38.7 Å². The van der Waals surface area contributed by atoms with Crippen LogP contribution in [0.2, 0.25) is 0 Å². The van der Waals surface area contributed by atoms with E-state index in [4.69, 9.17) is 0 Å². The molecule has 2 aromatic rings. The highest BCUT2D eigenvalue weighted by Crippen LogP contribution is 2.34. The Hall–Kier alpha value is -2.88. The second kappa shape index (κ2) is 6.20. The van der Waals surface area contributed by atoms with E-state index in [0.717, 1.165) is 11.3 Å². The van der Waals surface area contributed by atoms with Crippen molar-refractivity contribution in [3.05, 3.63) is 41.1 Å². The van der Waals surface area contributed by atoms with Gasteiger partial charge in [-0.1, -0.05) is 0 Å². The zero-order chi connectivity index (χ0) is 18.2. The number of nitriles is 1. The zero-order valence-corrected chi connectivity index (χ0v) is 14.7. The highest BCUT2D eigenvalue weighted by atomic mass is 16.4. The second-order valence-corrected chi connectivity index (χ2v) is 6.56. The maximum atomic E-state index is 12.1. The van der Waals surface area contributed by atoms with Crippen LogP contribution in [0.3, 0.4) is 0 Å². The summed E-state index contributed by atoms with van der Waals surface area (Å²) in [7, 11) is 0. The number of carboxylic acids is 1. The number of nitrogens with zero attached hydrogens (tertiary/aromatic N) is 5. The molecule has 1 aliphatic rings. The second-order valence-electron chi connectivity index (χ2n) is 6.56. The Morgan fingerprint density at radius 1 is 1.32 bits per heavy atom. The van der Waals surface area contributed by atoms with E-state index in [1.165, 1.54) is 0 Å². The number of aliphatic carboxylic acids is 1. The van der Waals surface area contributed by atoms with Crippen molar-refractivity contribution in [2.75, 3.05) is 18.0 Å². The quantitative estimate of drug-likeness (QED) is 0.921. The van der Waals surface area contributed by atoms with Gasteiger partial charge in [0.15, 0.2) is 0 Å². The lowest BCUT2D eigenvalue weighted by Gasteiger charge is -2.41. The van der Waals surface area contributed by atoms with Crippen LogP contribution in [-0.2, 0) is 10.3 Å². The van der Waals surface area contributed by atoms with Crippen molar-refractivity contribution in [2.24, 2.45) is 0 Å². The van der Waals surface area contributed by atoms with Crippen LogP contribution in [0, 0.1) is 32.1 Å². The molecule has 0 unspecified atom stereocenters. The molecule has 0 saturated carbocycles. The van der Waals surface area contributed by atoms with E-state index < -0.39 is 11.5 Å². The minimum atomic E-state index is -0.997. The number of hydrogen-bond acceptors (Lipinski definition) is 5. The van der Waals surface area contributed by atoms with Gasteiger partial charge in [0.2, 0.25) is 0 Å². The molecular weight excluding hydrogens is 318 g/mol. The molecule has 0 amide bonds. The van der Waals surface area contributed by atoms with Crippen molar-refractivity contribution in [1.82, 2.24) is 14.5 Å². The van der Waals surface area contributed by atoms with E-state index in [9.17, 15) is 15.2 Å². The number of anilines is 1. The topological polar surface area (TPSA) is 95.0 Å². The summed E-state index contributed by atoms with van der Waals surface area (Å²) in [5.41, 5.74) is 1.31. The highest BCUT2D eigenvalue weighted by molar-refractivity contribution is 5.77. The number of hydrogen-bond donors (Lipinski definition) is 1. The number of pyridine rings is 1. The summed E-state index contributed by atoms with van der Waals surface area (Å²) in [4.78, 5) is 22.8. The SMILES string of the molecule is Cc1cc(C)c(C#N)c(N2CCC(C(=O)O)(n3ccnc3C)CC2)n1. The third-order valence-corrected chi connectivity index (χ3v) is 5.01. The molecule has 1 aliphatic heterocycles. The van der Waals surface area contributed by atoms with Gasteiger partial charge in [0.05, 0.1) is 5.56 Å². The Kier molecular flexibility index (Phi) is 4.21. The Morgan fingerprint density at radius 2 is 2.00 bits per heavy atom. The van der Waals surface area contributed by atoms with Crippen molar-refractivity contribution in [1.29, 1.82) is 5.26 Å². The smallest absolute Gasteiger partial charge is 0.330 e. The Balaban J connectivity index is 1.93. The number of carboxylic acid groups (broad SMARTS) is 1. The fourth-order valence-electron chi connectivity index (χ4n) is 3.66. The van der Waals surface area contributed by atoms with Gasteiger partial charge in [0.1, 0.15) is 23.3 Å². The molecule has 3 heterocycles. The molecule has 7 nitrogen and oxygen atoms in total. The highest BCUT2D eigenvalue weighted by Gasteiger charge is 2.44. The summed E-state index contributed by atoms with van der Waals surface area (Å²) in [6.07, 6.45) is 4.22. The summed E-state index contributed by atoms with van der Waals surface area (Å²) in [5, 5.41) is 19.4. The summed E-state index contributed by atoms with van der Waals surface area (Å²) in [5.74, 6) is 0.501. The van der Waals surface area contributed by atoms with Crippen LogP contribution < -0.4 is 4.90 Å². The van der Waals surface area contributed by atoms with Crippen molar-refractivity contribution >= 4 is 11.8 Å². The van der Waals surface area contributed by atoms with Crippen molar-refractivity contribution in [2.45, 2.75) is 39.2 Å². The zero-order valence-electron chi connectivity index (χ0n) is 14.7. The van der Waals surface area contributed by atoms with Gasteiger partial charge in [-0.25, -0.2) is 14.8 Å². The molecule has 0 aliphatic carbocycles. The summed E-state index contributed by atoms with van der Waals surface area (Å²) in [6.45, 7) is 6.66. The molecule has 0 radical (unpaired) electrons. The van der Waals surface area contributed by atoms with E-state index >= 15 is 0 Å². The number of aryl methyl sites for hydroxylation is 3. The average Bonchev–Trinajstić information content (AvgIpc) is 3.00. The predicted molar refractivity (Wildman–Crippen MR) is 92.4 cm³/mol. The third-order valence-electron chi connectivity index (χ3n) is 5.01. The molecule has 0 aromatic carbocycles. The minimum absolute atomic E-state index is 0.430. The molecule has 25 heavy (non-hydrogen) atoms. The first-order valence-corrected chi connectivity index (χ1v) is 8.26. The largest absolute Gasteiger partial charge is 0.479 e. The number of piperidine rings is 1. The standard InChI is InChI=1S/C18H21N5O2/c1-12-10-13(2)21-16(15(12)11-19)22-7-4-18(5-8-22,17(24)25)23-9-6-20-14(23)3/h6,9-10H,4-5,7-8H2,1-3H3,(H,24,25). The van der Waals surface area contributed by atoms with Crippen LogP contribution in [0.1, 0.15) is 35.5 Å². The Labute approximate surface area is 146 Å². The maximum absolute atomic E-state index is 12.1. The van der Waals surface area contributed by atoms with Gasteiger partial charge in [-0.2, -0.15) is 5.26 Å². The molecule has 0 atom stereocenters. The molecule has 7 heteroatoms. The van der Waals surface area contributed by atoms with Gasteiger partial charge in [0, 0.05) is 31.2 Å². The van der Waals surface area contributed by atoms with Crippen molar-refractivity contribution in [3.63, 3.8) is 0 Å². The monoisotopic (exact) mass is 339 g/mol. The molecule has 3 rings (SSSR count). The molecule has 1 N–H and O–H groups in total. The van der Waals surface area contributed by atoms with E-state index in [1.54, 1.807) is 17.0 Å². The van der Waals surface area contributed by atoms with Crippen LogP contribution >= 0.6 is 0 Å². The van der Waals surface area contributed by atoms with E-state index in [2.05, 4.69) is 16.0 Å². The average molecular weight is 339 g/mol. The maximum Gasteiger partial charge on any atom is 0.330 e. The Morgan fingerprint density at radius 3 is 2.52 bits per heavy atom. The lowest BCUT2D eigenvalue weighted by Crippen LogP contribution is -2.51. The third kappa shape index (κ3) is 2.74. The lowest BCUT2D eigenvalue weighted by atomic mass is 9.86. The van der Waals surface area contributed by atoms with Crippen LogP contribution in [0.4, 0.5) is 5.82 Å². The number of carbonyl (C=O) groups is 1. The van der Waals surface area contributed by atoms with Gasteiger partial charge >= 0.3 is 5.97 Å². The lowest BCUT2D eigenvalue weighted by molar-refractivity contribution is -0.149. The van der Waals surface area contributed by atoms with Gasteiger partial charge < -0.3 is 14.6 Å². The Bertz CT molecular complexity index is 857. The molecular formula is C18H21N5O2.